The number of nitrogens with zero attached hydrogens (tertiary/aromatic N) is 3. The van der Waals surface area contributed by atoms with E-state index in [1.807, 2.05) is 18.6 Å². The van der Waals surface area contributed by atoms with Gasteiger partial charge in [-0.2, -0.15) is 11.8 Å². The zero-order chi connectivity index (χ0) is 13.4. The fourth-order valence-corrected chi connectivity index (χ4v) is 3.29. The van der Waals surface area contributed by atoms with Gasteiger partial charge in [0.25, 0.3) is 6.54 Å². The van der Waals surface area contributed by atoms with Crippen molar-refractivity contribution in [3.05, 3.63) is 26.2 Å². The first-order valence-corrected chi connectivity index (χ1v) is 8.55. The summed E-state index contributed by atoms with van der Waals surface area (Å²) in [5.74, 6) is 1.75. The predicted molar refractivity (Wildman–Crippen MR) is 80.7 cm³/mol. The lowest BCUT2D eigenvalue weighted by Gasteiger charge is -1.99. The molecule has 8 heteroatoms. The molecule has 1 aromatic heterocycles. The summed E-state index contributed by atoms with van der Waals surface area (Å²) in [4.78, 5) is 18.6. The minimum Gasteiger partial charge on any atom is -0.275 e. The van der Waals surface area contributed by atoms with E-state index in [1.54, 1.807) is 23.1 Å². The Labute approximate surface area is 119 Å². The molecule has 0 aromatic carbocycles. The van der Waals surface area contributed by atoms with Crippen molar-refractivity contribution < 1.29 is 4.92 Å². The first-order valence-electron chi connectivity index (χ1n) is 5.29. The number of hydrogen-bond acceptors (Lipinski definition) is 7. The molecule has 1 rings (SSSR count). The van der Waals surface area contributed by atoms with E-state index in [0.717, 1.165) is 22.2 Å². The monoisotopic (exact) mass is 305 g/mol. The van der Waals surface area contributed by atoms with Gasteiger partial charge in [-0.15, -0.1) is 23.1 Å². The van der Waals surface area contributed by atoms with Crippen molar-refractivity contribution in [1.29, 1.82) is 0 Å². The van der Waals surface area contributed by atoms with Crippen LogP contribution in [0.4, 0.5) is 0 Å². The minimum absolute atomic E-state index is 0.169. The summed E-state index contributed by atoms with van der Waals surface area (Å²) in [5.41, 5.74) is 1.06. The molecular formula is C10H15N3O2S3. The van der Waals surface area contributed by atoms with Crippen molar-refractivity contribution >= 4 is 39.9 Å². The van der Waals surface area contributed by atoms with Crippen LogP contribution in [0, 0.1) is 17.0 Å². The molecule has 0 aliphatic carbocycles. The van der Waals surface area contributed by atoms with Crippen LogP contribution >= 0.6 is 34.9 Å². The van der Waals surface area contributed by atoms with Gasteiger partial charge in [0.05, 0.1) is 0 Å². The second kappa shape index (κ2) is 8.49. The number of nitro groups is 1. The smallest absolute Gasteiger partial charge is 0.250 e. The standard InChI is InChI=1S/C10H15N3O2S3/c1-8-6-18-10(12-8)7-17-4-3-11-9(16-2)5-13(14)15/h6H,3-5,7H2,1-2H3. The van der Waals surface area contributed by atoms with E-state index in [9.17, 15) is 10.1 Å². The van der Waals surface area contributed by atoms with E-state index in [2.05, 4.69) is 9.98 Å². The Morgan fingerprint density at radius 1 is 1.67 bits per heavy atom. The molecule has 0 aliphatic heterocycles. The van der Waals surface area contributed by atoms with Crippen LogP contribution in [0.25, 0.3) is 0 Å². The SMILES string of the molecule is CSC(C[N+](=O)[O-])=NCCSCc1nc(C)cs1. The highest BCUT2D eigenvalue weighted by Gasteiger charge is 2.05. The van der Waals surface area contributed by atoms with Gasteiger partial charge in [0.15, 0.2) is 0 Å². The molecule has 5 nitrogen and oxygen atoms in total. The molecule has 0 saturated heterocycles. The summed E-state index contributed by atoms with van der Waals surface area (Å²) in [6, 6.07) is 0. The second-order valence-corrected chi connectivity index (χ2v) is 6.33. The summed E-state index contributed by atoms with van der Waals surface area (Å²) in [5, 5.41) is 14.1. The van der Waals surface area contributed by atoms with Crippen molar-refractivity contribution in [1.82, 2.24) is 4.98 Å². The minimum atomic E-state index is -0.346. The molecule has 0 unspecified atom stereocenters. The molecule has 0 bridgehead atoms. The number of aromatic nitrogens is 1. The zero-order valence-electron chi connectivity index (χ0n) is 10.3. The molecule has 0 amide bonds. The Hall–Kier alpha value is -0.600. The fraction of sp³-hybridized carbons (Fsp3) is 0.600. The normalized spacial score (nSPS) is 11.8. The van der Waals surface area contributed by atoms with Crippen LogP contribution in [-0.2, 0) is 5.75 Å². The highest BCUT2D eigenvalue weighted by Crippen LogP contribution is 2.16. The van der Waals surface area contributed by atoms with Gasteiger partial charge in [-0.1, -0.05) is 0 Å². The van der Waals surface area contributed by atoms with Crippen molar-refractivity contribution in [2.75, 3.05) is 25.1 Å². The van der Waals surface area contributed by atoms with E-state index in [0.29, 0.717) is 11.6 Å². The highest BCUT2D eigenvalue weighted by atomic mass is 32.2. The quantitative estimate of drug-likeness (QED) is 0.255. The number of aliphatic imine (C=N–C) groups is 1. The van der Waals surface area contributed by atoms with Gasteiger partial charge < -0.3 is 0 Å². The largest absolute Gasteiger partial charge is 0.275 e. The van der Waals surface area contributed by atoms with Crippen LogP contribution in [0.15, 0.2) is 10.4 Å². The van der Waals surface area contributed by atoms with Crippen LogP contribution in [0.1, 0.15) is 10.7 Å². The summed E-state index contributed by atoms with van der Waals surface area (Å²) >= 11 is 4.76. The Morgan fingerprint density at radius 2 is 2.44 bits per heavy atom. The number of hydrogen-bond donors (Lipinski definition) is 0. The molecule has 18 heavy (non-hydrogen) atoms. The third-order valence-corrected chi connectivity index (χ3v) is 4.74. The lowest BCUT2D eigenvalue weighted by atomic mass is 10.6. The van der Waals surface area contributed by atoms with E-state index < -0.39 is 0 Å². The van der Waals surface area contributed by atoms with Gasteiger partial charge in [-0.05, 0) is 13.2 Å². The van der Waals surface area contributed by atoms with Gasteiger partial charge in [-0.3, -0.25) is 15.1 Å². The third-order valence-electron chi connectivity index (χ3n) is 1.92. The van der Waals surface area contributed by atoms with Crippen molar-refractivity contribution in [3.63, 3.8) is 0 Å². The highest BCUT2D eigenvalue weighted by molar-refractivity contribution is 8.13. The van der Waals surface area contributed by atoms with Crippen LogP contribution < -0.4 is 0 Å². The number of thiazole rings is 1. The van der Waals surface area contributed by atoms with Crippen molar-refractivity contribution in [3.8, 4) is 0 Å². The maximum atomic E-state index is 10.3. The Bertz CT molecular complexity index is 420. The van der Waals surface area contributed by atoms with E-state index in [4.69, 9.17) is 0 Å². The first kappa shape index (κ1) is 15.5. The molecule has 0 fully saturated rings. The summed E-state index contributed by atoms with van der Waals surface area (Å²) in [6.45, 7) is 2.44. The van der Waals surface area contributed by atoms with Crippen molar-refractivity contribution in [2.24, 2.45) is 4.99 Å². The maximum absolute atomic E-state index is 10.3. The Morgan fingerprint density at radius 3 is 3.00 bits per heavy atom. The zero-order valence-corrected chi connectivity index (χ0v) is 12.7. The Kier molecular flexibility index (Phi) is 7.29. The average molecular weight is 305 g/mol. The van der Waals surface area contributed by atoms with Crippen LogP contribution in [0.2, 0.25) is 0 Å². The second-order valence-electron chi connectivity index (χ2n) is 3.41. The molecule has 1 heterocycles. The van der Waals surface area contributed by atoms with E-state index in [-0.39, 0.29) is 11.5 Å². The van der Waals surface area contributed by atoms with Crippen LogP contribution in [-0.4, -0.2) is 40.0 Å². The molecule has 0 spiro atoms. The summed E-state index contributed by atoms with van der Waals surface area (Å²) in [6.07, 6.45) is 1.81. The first-order chi connectivity index (χ1) is 8.61. The Balaban J connectivity index is 2.20. The fourth-order valence-electron chi connectivity index (χ4n) is 1.15. The van der Waals surface area contributed by atoms with Crippen LogP contribution in [0.5, 0.6) is 0 Å². The number of rotatable bonds is 7. The van der Waals surface area contributed by atoms with Crippen molar-refractivity contribution in [2.45, 2.75) is 12.7 Å². The van der Waals surface area contributed by atoms with E-state index in [1.165, 1.54) is 11.8 Å². The molecule has 0 saturated carbocycles. The average Bonchev–Trinajstić information content (AvgIpc) is 2.72. The van der Waals surface area contributed by atoms with Gasteiger partial charge in [0, 0.05) is 34.0 Å². The lowest BCUT2D eigenvalue weighted by molar-refractivity contribution is -0.462. The molecule has 0 aliphatic rings. The molecule has 0 N–H and O–H groups in total. The van der Waals surface area contributed by atoms with Gasteiger partial charge in [0.1, 0.15) is 10.1 Å². The number of aryl methyl sites for hydroxylation is 1. The van der Waals surface area contributed by atoms with Gasteiger partial charge in [-0.25, -0.2) is 4.98 Å². The van der Waals surface area contributed by atoms with Gasteiger partial charge >= 0.3 is 0 Å². The maximum Gasteiger partial charge on any atom is 0.250 e. The molecule has 1 aromatic rings. The predicted octanol–water partition coefficient (Wildman–Crippen LogP) is 2.72. The summed E-state index contributed by atoms with van der Waals surface area (Å²) < 4.78 is 0. The third kappa shape index (κ3) is 6.36. The molecule has 100 valence electrons. The molecular weight excluding hydrogens is 290 g/mol. The van der Waals surface area contributed by atoms with Crippen LogP contribution in [0.3, 0.4) is 0 Å². The molecule has 0 atom stereocenters. The number of thioether (sulfide) groups is 2. The topological polar surface area (TPSA) is 68.4 Å². The molecule has 0 radical (unpaired) electrons. The van der Waals surface area contributed by atoms with Gasteiger partial charge in [0.2, 0.25) is 0 Å². The van der Waals surface area contributed by atoms with E-state index >= 15 is 0 Å². The lowest BCUT2D eigenvalue weighted by Crippen LogP contribution is -2.11. The summed E-state index contributed by atoms with van der Waals surface area (Å²) in [7, 11) is 0.